The molecule has 0 fully saturated rings. The second kappa shape index (κ2) is 9.93. The third-order valence-corrected chi connectivity index (χ3v) is 4.53. The van der Waals surface area contributed by atoms with Crippen LogP contribution in [0.3, 0.4) is 0 Å². The highest BCUT2D eigenvalue weighted by atomic mass is 16.1. The molecule has 0 aliphatic heterocycles. The van der Waals surface area contributed by atoms with E-state index in [1.807, 2.05) is 19.1 Å². The number of primary amides is 1. The van der Waals surface area contributed by atoms with Crippen LogP contribution in [0.25, 0.3) is 0 Å². The summed E-state index contributed by atoms with van der Waals surface area (Å²) < 4.78 is 0. The van der Waals surface area contributed by atoms with E-state index in [1.54, 1.807) is 12.1 Å². The van der Waals surface area contributed by atoms with Gasteiger partial charge in [0.2, 0.25) is 5.91 Å². The highest BCUT2D eigenvalue weighted by Crippen LogP contribution is 2.22. The normalized spacial score (nSPS) is 11.9. The SMILES string of the molecule is CCNC(=NCc1ccc(C(N)=O)cc1)NCCc1ccc(C(C)(C)C)cc1. The topological polar surface area (TPSA) is 79.5 Å². The Kier molecular flexibility index (Phi) is 7.61. The second-order valence-electron chi connectivity index (χ2n) is 7.88. The Morgan fingerprint density at radius 3 is 2.11 bits per heavy atom. The lowest BCUT2D eigenvalue weighted by atomic mass is 9.86. The molecule has 0 radical (unpaired) electrons. The molecule has 0 unspecified atom stereocenters. The number of aliphatic imine (C=N–C) groups is 1. The largest absolute Gasteiger partial charge is 0.366 e. The Labute approximate surface area is 168 Å². The molecule has 0 saturated carbocycles. The molecule has 0 heterocycles. The van der Waals surface area contributed by atoms with Gasteiger partial charge in [-0.25, -0.2) is 4.99 Å². The van der Waals surface area contributed by atoms with Gasteiger partial charge < -0.3 is 16.4 Å². The summed E-state index contributed by atoms with van der Waals surface area (Å²) in [4.78, 5) is 15.8. The van der Waals surface area contributed by atoms with Crippen LogP contribution in [0.15, 0.2) is 53.5 Å². The Morgan fingerprint density at radius 2 is 1.57 bits per heavy atom. The van der Waals surface area contributed by atoms with E-state index in [4.69, 9.17) is 5.73 Å². The van der Waals surface area contributed by atoms with Crippen LogP contribution in [-0.2, 0) is 18.4 Å². The molecule has 0 spiro atoms. The summed E-state index contributed by atoms with van der Waals surface area (Å²) in [6, 6.07) is 16.0. The van der Waals surface area contributed by atoms with Crippen LogP contribution in [0.4, 0.5) is 0 Å². The van der Waals surface area contributed by atoms with Crippen molar-refractivity contribution in [3.8, 4) is 0 Å². The first kappa shape index (κ1) is 21.5. The maximum absolute atomic E-state index is 11.1. The van der Waals surface area contributed by atoms with Gasteiger partial charge in [0.1, 0.15) is 0 Å². The molecule has 4 N–H and O–H groups in total. The molecule has 2 aromatic carbocycles. The number of hydrogen-bond acceptors (Lipinski definition) is 2. The van der Waals surface area contributed by atoms with Gasteiger partial charge in [0.15, 0.2) is 5.96 Å². The molecule has 0 aliphatic carbocycles. The number of nitrogens with one attached hydrogen (secondary N) is 2. The zero-order valence-electron chi connectivity index (χ0n) is 17.4. The highest BCUT2D eigenvalue weighted by Gasteiger charge is 2.12. The Bertz CT molecular complexity index is 787. The van der Waals surface area contributed by atoms with Crippen LogP contribution in [0.1, 0.15) is 54.7 Å². The number of guanidine groups is 1. The van der Waals surface area contributed by atoms with Gasteiger partial charge in [-0.05, 0) is 47.6 Å². The van der Waals surface area contributed by atoms with Crippen molar-refractivity contribution in [1.82, 2.24) is 10.6 Å². The van der Waals surface area contributed by atoms with E-state index in [2.05, 4.69) is 60.7 Å². The van der Waals surface area contributed by atoms with E-state index in [9.17, 15) is 4.79 Å². The van der Waals surface area contributed by atoms with Crippen LogP contribution in [0.5, 0.6) is 0 Å². The van der Waals surface area contributed by atoms with Gasteiger partial charge in [0, 0.05) is 18.7 Å². The standard InChI is InChI=1S/C23H32N4O/c1-5-25-22(27-16-18-6-10-19(11-7-18)21(24)28)26-15-14-17-8-12-20(13-9-17)23(2,3)4/h6-13H,5,14-16H2,1-4H3,(H2,24,28)(H2,25,26,27). The minimum absolute atomic E-state index is 0.178. The van der Waals surface area contributed by atoms with Crippen molar-refractivity contribution >= 4 is 11.9 Å². The number of nitrogens with zero attached hydrogens (tertiary/aromatic N) is 1. The fraction of sp³-hybridized carbons (Fsp3) is 0.391. The van der Waals surface area contributed by atoms with E-state index in [0.717, 1.165) is 31.0 Å². The van der Waals surface area contributed by atoms with Gasteiger partial charge >= 0.3 is 0 Å². The molecule has 0 bridgehead atoms. The molecule has 5 heteroatoms. The van der Waals surface area contributed by atoms with Gasteiger partial charge in [-0.2, -0.15) is 0 Å². The van der Waals surface area contributed by atoms with E-state index >= 15 is 0 Å². The predicted octanol–water partition coefficient (Wildman–Crippen LogP) is 3.38. The molecule has 1 amide bonds. The second-order valence-corrected chi connectivity index (χ2v) is 7.88. The molecule has 5 nitrogen and oxygen atoms in total. The zero-order valence-corrected chi connectivity index (χ0v) is 17.4. The van der Waals surface area contributed by atoms with Crippen molar-refractivity contribution < 1.29 is 4.79 Å². The van der Waals surface area contributed by atoms with Crippen LogP contribution >= 0.6 is 0 Å². The molecule has 0 aromatic heterocycles. The average Bonchev–Trinajstić information content (AvgIpc) is 2.66. The van der Waals surface area contributed by atoms with Crippen molar-refractivity contribution in [1.29, 1.82) is 0 Å². The van der Waals surface area contributed by atoms with E-state index in [1.165, 1.54) is 11.1 Å². The molecule has 150 valence electrons. The third kappa shape index (κ3) is 6.72. The number of benzene rings is 2. The molecular weight excluding hydrogens is 348 g/mol. The molecule has 0 atom stereocenters. The predicted molar refractivity (Wildman–Crippen MR) is 117 cm³/mol. The molecule has 2 rings (SSSR count). The van der Waals surface area contributed by atoms with Gasteiger partial charge in [-0.15, -0.1) is 0 Å². The van der Waals surface area contributed by atoms with Crippen molar-refractivity contribution in [3.05, 3.63) is 70.8 Å². The van der Waals surface area contributed by atoms with Crippen LogP contribution < -0.4 is 16.4 Å². The summed E-state index contributed by atoms with van der Waals surface area (Å²) in [5.74, 6) is 0.369. The summed E-state index contributed by atoms with van der Waals surface area (Å²) in [5.41, 5.74) is 9.64. The first-order chi connectivity index (χ1) is 13.3. The van der Waals surface area contributed by atoms with E-state index < -0.39 is 5.91 Å². The Balaban J connectivity index is 1.89. The van der Waals surface area contributed by atoms with Gasteiger partial charge in [-0.1, -0.05) is 57.2 Å². The lowest BCUT2D eigenvalue weighted by Gasteiger charge is -2.19. The summed E-state index contributed by atoms with van der Waals surface area (Å²) in [5, 5.41) is 6.64. The molecule has 2 aromatic rings. The minimum atomic E-state index is -0.416. The smallest absolute Gasteiger partial charge is 0.248 e. The number of rotatable bonds is 7. The van der Waals surface area contributed by atoms with Crippen molar-refractivity contribution in [2.24, 2.45) is 10.7 Å². The average molecular weight is 381 g/mol. The molecule has 28 heavy (non-hydrogen) atoms. The van der Waals surface area contributed by atoms with Crippen molar-refractivity contribution in [2.45, 2.75) is 46.1 Å². The lowest BCUT2D eigenvalue weighted by molar-refractivity contribution is 0.100. The molecule has 0 saturated heterocycles. The van der Waals surface area contributed by atoms with Crippen molar-refractivity contribution in [2.75, 3.05) is 13.1 Å². The third-order valence-electron chi connectivity index (χ3n) is 4.53. The number of hydrogen-bond donors (Lipinski definition) is 3. The van der Waals surface area contributed by atoms with Gasteiger partial charge in [0.05, 0.1) is 6.54 Å². The summed E-state index contributed by atoms with van der Waals surface area (Å²) in [6.45, 7) is 10.9. The quantitative estimate of drug-likeness (QED) is 0.509. The van der Waals surface area contributed by atoms with E-state index in [-0.39, 0.29) is 5.41 Å². The minimum Gasteiger partial charge on any atom is -0.366 e. The van der Waals surface area contributed by atoms with Crippen LogP contribution in [0, 0.1) is 0 Å². The van der Waals surface area contributed by atoms with Gasteiger partial charge in [-0.3, -0.25) is 4.79 Å². The summed E-state index contributed by atoms with van der Waals surface area (Å²) in [7, 11) is 0. The molecule has 0 aliphatic rings. The monoisotopic (exact) mass is 380 g/mol. The van der Waals surface area contributed by atoms with Crippen LogP contribution in [0.2, 0.25) is 0 Å². The van der Waals surface area contributed by atoms with E-state index in [0.29, 0.717) is 12.1 Å². The fourth-order valence-electron chi connectivity index (χ4n) is 2.78. The summed E-state index contributed by atoms with van der Waals surface area (Å²) in [6.07, 6.45) is 0.933. The van der Waals surface area contributed by atoms with Crippen molar-refractivity contribution in [3.63, 3.8) is 0 Å². The highest BCUT2D eigenvalue weighted by molar-refractivity contribution is 5.92. The van der Waals surface area contributed by atoms with Crippen LogP contribution in [-0.4, -0.2) is 25.0 Å². The Hall–Kier alpha value is -2.82. The zero-order chi connectivity index (χ0) is 20.6. The number of carbonyl (C=O) groups is 1. The Morgan fingerprint density at radius 1 is 0.964 bits per heavy atom. The maximum Gasteiger partial charge on any atom is 0.248 e. The number of amides is 1. The van der Waals surface area contributed by atoms with Gasteiger partial charge in [0.25, 0.3) is 0 Å². The first-order valence-corrected chi connectivity index (χ1v) is 9.80. The first-order valence-electron chi connectivity index (χ1n) is 9.80. The maximum atomic E-state index is 11.1. The lowest BCUT2D eigenvalue weighted by Crippen LogP contribution is -2.38. The fourth-order valence-corrected chi connectivity index (χ4v) is 2.78. The molecular formula is C23H32N4O. The number of carbonyl (C=O) groups excluding carboxylic acids is 1. The summed E-state index contributed by atoms with van der Waals surface area (Å²) >= 11 is 0. The number of nitrogens with two attached hydrogens (primary N) is 1.